The van der Waals surface area contributed by atoms with E-state index in [4.69, 9.17) is 5.26 Å². The van der Waals surface area contributed by atoms with Crippen LogP contribution in [-0.2, 0) is 0 Å². The maximum absolute atomic E-state index is 10.1. The number of hydrogen-bond acceptors (Lipinski definition) is 3. The van der Waals surface area contributed by atoms with Crippen molar-refractivity contribution in [3.63, 3.8) is 0 Å². The minimum atomic E-state index is -0.559. The summed E-state index contributed by atoms with van der Waals surface area (Å²) in [5, 5.41) is 19.1. The normalized spacial score (nSPS) is 25.1. The third-order valence-electron chi connectivity index (χ3n) is 3.43. The van der Waals surface area contributed by atoms with Crippen LogP contribution in [-0.4, -0.2) is 23.8 Å². The van der Waals surface area contributed by atoms with Crippen molar-refractivity contribution in [2.75, 3.05) is 18.0 Å². The average Bonchev–Trinajstić information content (AvgIpc) is 2.50. The molecule has 1 unspecified atom stereocenters. The van der Waals surface area contributed by atoms with Gasteiger partial charge in [-0.3, -0.25) is 0 Å². The van der Waals surface area contributed by atoms with Gasteiger partial charge in [0.25, 0.3) is 0 Å². The van der Waals surface area contributed by atoms with E-state index in [-0.39, 0.29) is 0 Å². The minimum absolute atomic E-state index is 0.559. The molecule has 1 heterocycles. The summed E-state index contributed by atoms with van der Waals surface area (Å²) >= 11 is 0. The van der Waals surface area contributed by atoms with Crippen molar-refractivity contribution in [2.24, 2.45) is 0 Å². The topological polar surface area (TPSA) is 47.3 Å². The quantitative estimate of drug-likeness (QED) is 0.805. The van der Waals surface area contributed by atoms with Gasteiger partial charge >= 0.3 is 0 Å². The second kappa shape index (κ2) is 4.77. The molecular weight excluding hydrogens is 212 g/mol. The van der Waals surface area contributed by atoms with Crippen LogP contribution >= 0.6 is 0 Å². The van der Waals surface area contributed by atoms with E-state index in [1.807, 2.05) is 31.2 Å². The van der Waals surface area contributed by atoms with Crippen molar-refractivity contribution in [1.29, 1.82) is 5.26 Å². The number of aliphatic hydroxyl groups is 1. The van der Waals surface area contributed by atoms with Crippen molar-refractivity contribution in [3.8, 4) is 6.07 Å². The first-order chi connectivity index (χ1) is 8.12. The molecule has 0 amide bonds. The van der Waals surface area contributed by atoms with Gasteiger partial charge in [-0.1, -0.05) is 12.1 Å². The zero-order chi connectivity index (χ0) is 12.3. The molecule has 1 aliphatic heterocycles. The predicted octanol–water partition coefficient (Wildman–Crippen LogP) is 2.30. The molecule has 0 spiro atoms. The monoisotopic (exact) mass is 230 g/mol. The summed E-state index contributed by atoms with van der Waals surface area (Å²) < 4.78 is 0. The Morgan fingerprint density at radius 1 is 1.29 bits per heavy atom. The Labute approximate surface area is 102 Å². The molecule has 1 atom stereocenters. The van der Waals surface area contributed by atoms with Gasteiger partial charge in [-0.2, -0.15) is 5.26 Å². The standard InChI is InChI=1S/C14H18N2O/c1-14(17)7-4-9-16(10-8-14)13-6-3-2-5-12(13)11-15/h2-3,5-6,17H,4,7-10H2,1H3. The van der Waals surface area contributed by atoms with Gasteiger partial charge in [0.1, 0.15) is 6.07 Å². The van der Waals surface area contributed by atoms with Gasteiger partial charge < -0.3 is 10.0 Å². The summed E-state index contributed by atoms with van der Waals surface area (Å²) in [4.78, 5) is 2.21. The summed E-state index contributed by atoms with van der Waals surface area (Å²) in [6.07, 6.45) is 2.55. The number of benzene rings is 1. The zero-order valence-corrected chi connectivity index (χ0v) is 10.2. The van der Waals surface area contributed by atoms with Crippen LogP contribution in [0.1, 0.15) is 31.7 Å². The molecule has 90 valence electrons. The number of nitriles is 1. The first-order valence-corrected chi connectivity index (χ1v) is 6.09. The second-order valence-corrected chi connectivity index (χ2v) is 4.97. The van der Waals surface area contributed by atoms with Crippen LogP contribution in [0.5, 0.6) is 0 Å². The fraction of sp³-hybridized carbons (Fsp3) is 0.500. The highest BCUT2D eigenvalue weighted by Gasteiger charge is 2.25. The van der Waals surface area contributed by atoms with Crippen molar-refractivity contribution in [3.05, 3.63) is 29.8 Å². The molecule has 0 aromatic heterocycles. The molecular formula is C14H18N2O. The summed E-state index contributed by atoms with van der Waals surface area (Å²) in [7, 11) is 0. The first kappa shape index (κ1) is 11.9. The minimum Gasteiger partial charge on any atom is -0.390 e. The maximum atomic E-state index is 10.1. The van der Waals surface area contributed by atoms with Crippen LogP contribution in [0, 0.1) is 11.3 Å². The van der Waals surface area contributed by atoms with E-state index in [0.717, 1.165) is 38.0 Å². The van der Waals surface area contributed by atoms with Crippen LogP contribution in [0.4, 0.5) is 5.69 Å². The van der Waals surface area contributed by atoms with E-state index in [1.54, 1.807) is 0 Å². The van der Waals surface area contributed by atoms with Crippen LogP contribution in [0.2, 0.25) is 0 Å². The van der Waals surface area contributed by atoms with Gasteiger partial charge in [-0.25, -0.2) is 0 Å². The molecule has 1 aromatic carbocycles. The molecule has 1 fully saturated rings. The fourth-order valence-electron chi connectivity index (χ4n) is 2.35. The Hall–Kier alpha value is -1.53. The third-order valence-corrected chi connectivity index (χ3v) is 3.43. The second-order valence-electron chi connectivity index (χ2n) is 4.97. The highest BCUT2D eigenvalue weighted by Crippen LogP contribution is 2.27. The van der Waals surface area contributed by atoms with Gasteiger partial charge in [0, 0.05) is 13.1 Å². The SMILES string of the molecule is CC1(O)CCCN(c2ccccc2C#N)CC1. The highest BCUT2D eigenvalue weighted by atomic mass is 16.3. The van der Waals surface area contributed by atoms with Crippen molar-refractivity contribution in [1.82, 2.24) is 0 Å². The van der Waals surface area contributed by atoms with Gasteiger partial charge in [-0.05, 0) is 38.3 Å². The largest absolute Gasteiger partial charge is 0.390 e. The molecule has 3 nitrogen and oxygen atoms in total. The molecule has 3 heteroatoms. The molecule has 0 aliphatic carbocycles. The van der Waals surface area contributed by atoms with Crippen molar-refractivity contribution >= 4 is 5.69 Å². The maximum Gasteiger partial charge on any atom is 0.101 e. The number of nitrogens with zero attached hydrogens (tertiary/aromatic N) is 2. The lowest BCUT2D eigenvalue weighted by atomic mass is 9.98. The van der Waals surface area contributed by atoms with Crippen molar-refractivity contribution < 1.29 is 5.11 Å². The molecule has 17 heavy (non-hydrogen) atoms. The average molecular weight is 230 g/mol. The predicted molar refractivity (Wildman–Crippen MR) is 67.8 cm³/mol. The molecule has 0 radical (unpaired) electrons. The summed E-state index contributed by atoms with van der Waals surface area (Å²) in [6, 6.07) is 9.90. The number of hydrogen-bond donors (Lipinski definition) is 1. The molecule has 0 saturated carbocycles. The number of para-hydroxylation sites is 1. The lowest BCUT2D eigenvalue weighted by Gasteiger charge is -2.25. The van der Waals surface area contributed by atoms with Crippen LogP contribution in [0.25, 0.3) is 0 Å². The van der Waals surface area contributed by atoms with E-state index in [9.17, 15) is 5.11 Å². The van der Waals surface area contributed by atoms with E-state index >= 15 is 0 Å². The third kappa shape index (κ3) is 2.78. The van der Waals surface area contributed by atoms with Crippen LogP contribution in [0.15, 0.2) is 24.3 Å². The molecule has 1 aromatic rings. The Bertz CT molecular complexity index is 434. The number of rotatable bonds is 1. The summed E-state index contributed by atoms with van der Waals surface area (Å²) in [5.74, 6) is 0. The highest BCUT2D eigenvalue weighted by molar-refractivity contribution is 5.59. The van der Waals surface area contributed by atoms with Crippen LogP contribution < -0.4 is 4.90 Å². The summed E-state index contributed by atoms with van der Waals surface area (Å²) in [5.41, 5.74) is 1.15. The van der Waals surface area contributed by atoms with E-state index < -0.39 is 5.60 Å². The fourth-order valence-corrected chi connectivity index (χ4v) is 2.35. The summed E-state index contributed by atoms with van der Waals surface area (Å²) in [6.45, 7) is 3.62. The lowest BCUT2D eigenvalue weighted by molar-refractivity contribution is 0.0481. The van der Waals surface area contributed by atoms with E-state index in [0.29, 0.717) is 5.56 Å². The molecule has 0 bridgehead atoms. The Morgan fingerprint density at radius 2 is 2.06 bits per heavy atom. The van der Waals surface area contributed by atoms with Crippen molar-refractivity contribution in [2.45, 2.75) is 31.8 Å². The van der Waals surface area contributed by atoms with Gasteiger partial charge in [-0.15, -0.1) is 0 Å². The Kier molecular flexibility index (Phi) is 3.35. The van der Waals surface area contributed by atoms with Crippen LogP contribution in [0.3, 0.4) is 0 Å². The Morgan fingerprint density at radius 3 is 2.82 bits per heavy atom. The molecule has 1 N–H and O–H groups in total. The molecule has 2 rings (SSSR count). The van der Waals surface area contributed by atoms with Gasteiger partial charge in [0.2, 0.25) is 0 Å². The molecule has 1 saturated heterocycles. The smallest absolute Gasteiger partial charge is 0.101 e. The zero-order valence-electron chi connectivity index (χ0n) is 10.2. The van der Waals surface area contributed by atoms with E-state index in [1.165, 1.54) is 0 Å². The Balaban J connectivity index is 2.20. The number of anilines is 1. The molecule has 1 aliphatic rings. The van der Waals surface area contributed by atoms with Gasteiger partial charge in [0.15, 0.2) is 0 Å². The lowest BCUT2D eigenvalue weighted by Crippen LogP contribution is -2.28. The first-order valence-electron chi connectivity index (χ1n) is 6.09. The van der Waals surface area contributed by atoms with E-state index in [2.05, 4.69) is 11.0 Å². The van der Waals surface area contributed by atoms with Gasteiger partial charge in [0.05, 0.1) is 16.9 Å².